The highest BCUT2D eigenvalue weighted by Gasteiger charge is 2.13. The standard InChI is InChI=1S/C20H24N6O3S/c21-18(27)14-11-17(30-13-14)19-24-25-20(29-19)23-16-4-1-3-15(12-16)22-5-2-6-26-7-9-28-10-8-26/h1,3-4,11-13,22H,2,5-10H2,(H2,21,27)(H,23,25). The zero-order valence-electron chi connectivity index (χ0n) is 16.5. The normalized spacial score (nSPS) is 14.5. The van der Waals surface area contributed by atoms with Crippen molar-refractivity contribution in [3.05, 3.63) is 41.3 Å². The molecule has 0 spiro atoms. The molecule has 0 saturated carbocycles. The molecule has 0 bridgehead atoms. The zero-order chi connectivity index (χ0) is 20.8. The van der Waals surface area contributed by atoms with Gasteiger partial charge < -0.3 is 25.5 Å². The Labute approximate surface area is 178 Å². The van der Waals surface area contributed by atoms with Crippen molar-refractivity contribution in [1.82, 2.24) is 15.1 Å². The molecule has 2 aromatic heterocycles. The predicted octanol–water partition coefficient (Wildman–Crippen LogP) is 2.77. The van der Waals surface area contributed by atoms with Gasteiger partial charge in [-0.15, -0.1) is 16.4 Å². The molecule has 1 aromatic carbocycles. The van der Waals surface area contributed by atoms with Crippen LogP contribution in [0.3, 0.4) is 0 Å². The van der Waals surface area contributed by atoms with Crippen molar-refractivity contribution < 1.29 is 13.9 Å². The Hall–Kier alpha value is -2.95. The Bertz CT molecular complexity index is 982. The van der Waals surface area contributed by atoms with Crippen LogP contribution in [-0.2, 0) is 4.74 Å². The highest BCUT2D eigenvalue weighted by molar-refractivity contribution is 7.13. The van der Waals surface area contributed by atoms with Crippen LogP contribution in [0.15, 0.2) is 40.1 Å². The van der Waals surface area contributed by atoms with Crippen molar-refractivity contribution in [2.45, 2.75) is 6.42 Å². The molecule has 0 atom stereocenters. The highest BCUT2D eigenvalue weighted by Crippen LogP contribution is 2.28. The predicted molar refractivity (Wildman–Crippen MR) is 116 cm³/mol. The smallest absolute Gasteiger partial charge is 0.320 e. The van der Waals surface area contributed by atoms with E-state index in [2.05, 4.69) is 25.7 Å². The Morgan fingerprint density at radius 3 is 2.83 bits per heavy atom. The van der Waals surface area contributed by atoms with Crippen LogP contribution in [0.2, 0.25) is 0 Å². The summed E-state index contributed by atoms with van der Waals surface area (Å²) in [5.41, 5.74) is 7.57. The minimum Gasteiger partial charge on any atom is -0.402 e. The maximum Gasteiger partial charge on any atom is 0.320 e. The second-order valence-electron chi connectivity index (χ2n) is 6.92. The third kappa shape index (κ3) is 5.35. The quantitative estimate of drug-likeness (QED) is 0.445. The maximum absolute atomic E-state index is 11.2. The molecule has 30 heavy (non-hydrogen) atoms. The van der Waals surface area contributed by atoms with Gasteiger partial charge in [-0.2, -0.15) is 0 Å². The topological polar surface area (TPSA) is 119 Å². The summed E-state index contributed by atoms with van der Waals surface area (Å²) < 4.78 is 11.0. The summed E-state index contributed by atoms with van der Waals surface area (Å²) in [6.07, 6.45) is 1.07. The van der Waals surface area contributed by atoms with Crippen LogP contribution in [0.25, 0.3) is 10.8 Å². The third-order valence-corrected chi connectivity index (χ3v) is 5.64. The Balaban J connectivity index is 1.29. The molecule has 0 unspecified atom stereocenters. The van der Waals surface area contributed by atoms with E-state index in [0.29, 0.717) is 16.3 Å². The van der Waals surface area contributed by atoms with Crippen molar-refractivity contribution in [2.75, 3.05) is 50.0 Å². The van der Waals surface area contributed by atoms with Crippen LogP contribution >= 0.6 is 11.3 Å². The van der Waals surface area contributed by atoms with Gasteiger partial charge in [0.1, 0.15) is 0 Å². The molecule has 1 saturated heterocycles. The minimum absolute atomic E-state index is 0.281. The average Bonchev–Trinajstić information content (AvgIpc) is 3.42. The molecule has 0 radical (unpaired) electrons. The first-order valence-corrected chi connectivity index (χ1v) is 10.7. The molecule has 1 aliphatic heterocycles. The number of nitrogens with two attached hydrogens (primary N) is 1. The molecule has 0 aliphatic carbocycles. The van der Waals surface area contributed by atoms with Gasteiger partial charge in [-0.05, 0) is 37.2 Å². The minimum atomic E-state index is -0.482. The van der Waals surface area contributed by atoms with Gasteiger partial charge in [0, 0.05) is 36.4 Å². The Morgan fingerprint density at radius 1 is 1.20 bits per heavy atom. The molecule has 10 heteroatoms. The van der Waals surface area contributed by atoms with E-state index < -0.39 is 5.91 Å². The molecule has 4 N–H and O–H groups in total. The largest absolute Gasteiger partial charge is 0.402 e. The molecule has 9 nitrogen and oxygen atoms in total. The lowest BCUT2D eigenvalue weighted by atomic mass is 10.2. The van der Waals surface area contributed by atoms with Gasteiger partial charge in [0.15, 0.2) is 0 Å². The number of primary amides is 1. The summed E-state index contributed by atoms with van der Waals surface area (Å²) >= 11 is 1.33. The van der Waals surface area contributed by atoms with E-state index in [-0.39, 0.29) is 6.01 Å². The van der Waals surface area contributed by atoms with Gasteiger partial charge >= 0.3 is 6.01 Å². The monoisotopic (exact) mass is 428 g/mol. The van der Waals surface area contributed by atoms with Crippen LogP contribution in [0.5, 0.6) is 0 Å². The lowest BCUT2D eigenvalue weighted by molar-refractivity contribution is 0.0378. The van der Waals surface area contributed by atoms with Gasteiger partial charge in [-0.1, -0.05) is 11.2 Å². The van der Waals surface area contributed by atoms with Gasteiger partial charge in [-0.25, -0.2) is 0 Å². The molecule has 1 amide bonds. The molecule has 158 valence electrons. The number of nitrogens with one attached hydrogen (secondary N) is 2. The van der Waals surface area contributed by atoms with E-state index in [1.54, 1.807) is 11.4 Å². The van der Waals surface area contributed by atoms with E-state index in [1.807, 2.05) is 24.3 Å². The highest BCUT2D eigenvalue weighted by atomic mass is 32.1. The van der Waals surface area contributed by atoms with E-state index in [4.69, 9.17) is 14.9 Å². The first-order chi connectivity index (χ1) is 14.7. The van der Waals surface area contributed by atoms with E-state index in [1.165, 1.54) is 11.3 Å². The van der Waals surface area contributed by atoms with E-state index >= 15 is 0 Å². The number of anilines is 3. The van der Waals surface area contributed by atoms with Crippen LogP contribution < -0.4 is 16.4 Å². The summed E-state index contributed by atoms with van der Waals surface area (Å²) in [6.45, 7) is 5.65. The number of morpholine rings is 1. The number of hydrogen-bond donors (Lipinski definition) is 3. The van der Waals surface area contributed by atoms with Gasteiger partial charge in [0.25, 0.3) is 5.89 Å². The molecule has 1 fully saturated rings. The summed E-state index contributed by atoms with van der Waals surface area (Å²) in [5, 5.41) is 16.3. The fourth-order valence-electron chi connectivity index (χ4n) is 3.14. The number of benzene rings is 1. The number of aromatic nitrogens is 2. The lowest BCUT2D eigenvalue weighted by Crippen LogP contribution is -2.37. The summed E-state index contributed by atoms with van der Waals surface area (Å²) in [4.78, 5) is 14.4. The number of amides is 1. The fraction of sp³-hybridized carbons (Fsp3) is 0.350. The fourth-order valence-corrected chi connectivity index (χ4v) is 3.96. The van der Waals surface area contributed by atoms with Crippen LogP contribution in [0, 0.1) is 0 Å². The SMILES string of the molecule is NC(=O)c1csc(-c2nnc(Nc3cccc(NCCCN4CCOCC4)c3)o2)c1. The van der Waals surface area contributed by atoms with Gasteiger partial charge in [-0.3, -0.25) is 9.69 Å². The molecule has 3 aromatic rings. The average molecular weight is 429 g/mol. The second kappa shape index (κ2) is 9.70. The maximum atomic E-state index is 11.2. The first-order valence-electron chi connectivity index (χ1n) is 9.81. The van der Waals surface area contributed by atoms with E-state index in [9.17, 15) is 4.79 Å². The summed E-state index contributed by atoms with van der Waals surface area (Å²) in [5.74, 6) is -0.142. The van der Waals surface area contributed by atoms with Gasteiger partial charge in [0.05, 0.1) is 23.7 Å². The molecule has 4 rings (SSSR count). The zero-order valence-corrected chi connectivity index (χ0v) is 17.3. The number of hydrogen-bond acceptors (Lipinski definition) is 9. The van der Waals surface area contributed by atoms with Crippen molar-refractivity contribution in [1.29, 1.82) is 0 Å². The lowest BCUT2D eigenvalue weighted by Gasteiger charge is -2.26. The number of rotatable bonds is 9. The van der Waals surface area contributed by atoms with Crippen LogP contribution in [0.1, 0.15) is 16.8 Å². The molecule has 3 heterocycles. The number of carbonyl (C=O) groups excluding carboxylic acids is 1. The summed E-state index contributed by atoms with van der Waals surface area (Å²) in [7, 11) is 0. The van der Waals surface area contributed by atoms with Crippen molar-refractivity contribution in [3.63, 3.8) is 0 Å². The summed E-state index contributed by atoms with van der Waals surface area (Å²) in [6, 6.07) is 9.83. The molecular weight excluding hydrogens is 404 g/mol. The Morgan fingerprint density at radius 2 is 2.03 bits per heavy atom. The first kappa shape index (κ1) is 20.3. The van der Waals surface area contributed by atoms with Crippen molar-refractivity contribution in [2.24, 2.45) is 5.73 Å². The number of ether oxygens (including phenoxy) is 1. The molecule has 1 aliphatic rings. The second-order valence-corrected chi connectivity index (χ2v) is 7.83. The molecular formula is C20H24N6O3S. The van der Waals surface area contributed by atoms with Crippen molar-refractivity contribution in [3.8, 4) is 10.8 Å². The Kier molecular flexibility index (Phi) is 6.57. The third-order valence-electron chi connectivity index (χ3n) is 4.72. The number of thiophene rings is 1. The van der Waals surface area contributed by atoms with E-state index in [0.717, 1.165) is 57.2 Å². The van der Waals surface area contributed by atoms with Gasteiger partial charge in [0.2, 0.25) is 5.91 Å². The van der Waals surface area contributed by atoms with Crippen LogP contribution in [0.4, 0.5) is 17.4 Å². The number of nitrogens with zero attached hydrogens (tertiary/aromatic N) is 3. The number of carbonyl (C=O) groups is 1. The van der Waals surface area contributed by atoms with Crippen LogP contribution in [-0.4, -0.2) is 60.4 Å². The van der Waals surface area contributed by atoms with Crippen molar-refractivity contribution >= 4 is 34.6 Å².